The van der Waals surface area contributed by atoms with Crippen LogP contribution in [0.25, 0.3) is 6.08 Å². The van der Waals surface area contributed by atoms with Gasteiger partial charge in [0, 0.05) is 0 Å². The predicted molar refractivity (Wildman–Crippen MR) is 85.1 cm³/mol. The second-order valence-electron chi connectivity index (χ2n) is 4.73. The zero-order valence-corrected chi connectivity index (χ0v) is 12.8. The molecule has 2 aromatic rings. The van der Waals surface area contributed by atoms with Crippen LogP contribution in [0, 0.1) is 11.3 Å². The Kier molecular flexibility index (Phi) is 5.27. The topological polar surface area (TPSA) is 52.9 Å². The van der Waals surface area contributed by atoms with Gasteiger partial charge in [0.15, 0.2) is 0 Å². The van der Waals surface area contributed by atoms with Gasteiger partial charge in [0.25, 0.3) is 5.91 Å². The van der Waals surface area contributed by atoms with Crippen molar-refractivity contribution in [1.29, 1.82) is 5.26 Å². The third-order valence-electron chi connectivity index (χ3n) is 3.02. The first-order valence-corrected chi connectivity index (χ1v) is 7.04. The summed E-state index contributed by atoms with van der Waals surface area (Å²) in [6.07, 6.45) is -3.24. The van der Waals surface area contributed by atoms with Crippen molar-refractivity contribution < 1.29 is 18.0 Å². The molecule has 0 bridgehead atoms. The van der Waals surface area contributed by atoms with Crippen molar-refractivity contribution >= 4 is 29.3 Å². The van der Waals surface area contributed by atoms with Crippen LogP contribution in [0.15, 0.2) is 54.1 Å². The number of nitrogens with zero attached hydrogens (tertiary/aromatic N) is 1. The van der Waals surface area contributed by atoms with Gasteiger partial charge < -0.3 is 5.32 Å². The molecule has 0 unspecified atom stereocenters. The second kappa shape index (κ2) is 7.20. The minimum Gasteiger partial charge on any atom is -0.320 e. The van der Waals surface area contributed by atoms with E-state index >= 15 is 0 Å². The molecular formula is C17H10ClF3N2O. The summed E-state index contributed by atoms with van der Waals surface area (Å²) in [7, 11) is 0. The third-order valence-corrected chi connectivity index (χ3v) is 3.35. The molecule has 0 saturated heterocycles. The van der Waals surface area contributed by atoms with Gasteiger partial charge in [-0.1, -0.05) is 41.9 Å². The molecule has 24 heavy (non-hydrogen) atoms. The van der Waals surface area contributed by atoms with Crippen LogP contribution in [-0.2, 0) is 11.0 Å². The maximum absolute atomic E-state index is 12.7. The Labute approximate surface area is 141 Å². The van der Waals surface area contributed by atoms with Gasteiger partial charge in [-0.3, -0.25) is 4.79 Å². The molecule has 0 saturated carbocycles. The van der Waals surface area contributed by atoms with Gasteiger partial charge in [-0.15, -0.1) is 0 Å². The van der Waals surface area contributed by atoms with E-state index in [9.17, 15) is 18.0 Å². The van der Waals surface area contributed by atoms with E-state index in [2.05, 4.69) is 5.32 Å². The highest BCUT2D eigenvalue weighted by atomic mass is 35.5. The van der Waals surface area contributed by atoms with E-state index in [1.807, 2.05) is 0 Å². The fraction of sp³-hybridized carbons (Fsp3) is 0.0588. The van der Waals surface area contributed by atoms with Crippen LogP contribution in [0.3, 0.4) is 0 Å². The van der Waals surface area contributed by atoms with Gasteiger partial charge >= 0.3 is 6.18 Å². The SMILES string of the molecule is N#CC(=Cc1ccccc1)C(=O)Nc1cc(C(F)(F)F)ccc1Cl. The first-order chi connectivity index (χ1) is 11.3. The quantitative estimate of drug-likeness (QED) is 0.632. The Morgan fingerprint density at radius 1 is 1.17 bits per heavy atom. The van der Waals surface area contributed by atoms with E-state index in [1.165, 1.54) is 6.08 Å². The Balaban J connectivity index is 2.29. The molecule has 2 rings (SSSR count). The molecule has 0 fully saturated rings. The molecule has 0 spiro atoms. The first kappa shape index (κ1) is 17.6. The first-order valence-electron chi connectivity index (χ1n) is 6.66. The van der Waals surface area contributed by atoms with E-state index in [1.54, 1.807) is 36.4 Å². The molecule has 0 aromatic heterocycles. The van der Waals surface area contributed by atoms with Gasteiger partial charge in [0.1, 0.15) is 11.6 Å². The summed E-state index contributed by atoms with van der Waals surface area (Å²) in [5, 5.41) is 11.3. The van der Waals surface area contributed by atoms with Gasteiger partial charge in [-0.25, -0.2) is 0 Å². The minimum absolute atomic E-state index is 0.0617. The number of anilines is 1. The highest BCUT2D eigenvalue weighted by Crippen LogP contribution is 2.33. The average molecular weight is 351 g/mol. The number of rotatable bonds is 3. The molecule has 0 aliphatic heterocycles. The van der Waals surface area contributed by atoms with E-state index in [-0.39, 0.29) is 16.3 Å². The lowest BCUT2D eigenvalue weighted by molar-refractivity contribution is -0.137. The van der Waals surface area contributed by atoms with Crippen molar-refractivity contribution in [3.8, 4) is 6.07 Å². The summed E-state index contributed by atoms with van der Waals surface area (Å²) >= 11 is 5.81. The van der Waals surface area contributed by atoms with Crippen molar-refractivity contribution in [2.24, 2.45) is 0 Å². The summed E-state index contributed by atoms with van der Waals surface area (Å²) in [5.41, 5.74) is -0.813. The Morgan fingerprint density at radius 3 is 2.42 bits per heavy atom. The molecule has 2 aromatic carbocycles. The molecule has 122 valence electrons. The maximum Gasteiger partial charge on any atom is 0.416 e. The third kappa shape index (κ3) is 4.37. The number of nitriles is 1. The standard InChI is InChI=1S/C17H10ClF3N2O/c18-14-7-6-13(17(19,20)21)9-15(14)23-16(24)12(10-22)8-11-4-2-1-3-5-11/h1-9H,(H,23,24). The summed E-state index contributed by atoms with van der Waals surface area (Å²) in [4.78, 5) is 12.1. The molecule has 0 heterocycles. The number of alkyl halides is 3. The average Bonchev–Trinajstić information content (AvgIpc) is 2.54. The lowest BCUT2D eigenvalue weighted by atomic mass is 10.1. The normalized spacial score (nSPS) is 11.7. The number of hydrogen-bond donors (Lipinski definition) is 1. The zero-order chi connectivity index (χ0) is 17.7. The molecule has 0 radical (unpaired) electrons. The number of carbonyl (C=O) groups is 1. The molecular weight excluding hydrogens is 341 g/mol. The smallest absolute Gasteiger partial charge is 0.320 e. The number of hydrogen-bond acceptors (Lipinski definition) is 2. The van der Waals surface area contributed by atoms with E-state index in [0.717, 1.165) is 18.2 Å². The summed E-state index contributed by atoms with van der Waals surface area (Å²) < 4.78 is 38.2. The number of benzene rings is 2. The van der Waals surface area contributed by atoms with Crippen LogP contribution in [0.2, 0.25) is 5.02 Å². The summed E-state index contributed by atoms with van der Waals surface area (Å²) in [6.45, 7) is 0. The molecule has 0 aliphatic rings. The molecule has 1 amide bonds. The lowest BCUT2D eigenvalue weighted by Gasteiger charge is -2.11. The van der Waals surface area contributed by atoms with Crippen molar-refractivity contribution in [3.05, 3.63) is 70.3 Å². The Morgan fingerprint density at radius 2 is 1.83 bits per heavy atom. The van der Waals surface area contributed by atoms with Crippen LogP contribution < -0.4 is 5.32 Å². The monoisotopic (exact) mass is 350 g/mol. The van der Waals surface area contributed by atoms with Crippen LogP contribution in [0.1, 0.15) is 11.1 Å². The largest absolute Gasteiger partial charge is 0.416 e. The van der Waals surface area contributed by atoms with E-state index in [0.29, 0.717) is 5.56 Å². The van der Waals surface area contributed by atoms with Crippen LogP contribution in [0.4, 0.5) is 18.9 Å². The zero-order valence-electron chi connectivity index (χ0n) is 12.1. The Hall–Kier alpha value is -2.78. The van der Waals surface area contributed by atoms with Crippen molar-refractivity contribution in [2.75, 3.05) is 5.32 Å². The van der Waals surface area contributed by atoms with Gasteiger partial charge in [-0.05, 0) is 29.8 Å². The molecule has 0 atom stereocenters. The van der Waals surface area contributed by atoms with Crippen LogP contribution >= 0.6 is 11.6 Å². The number of halogens is 4. The molecule has 3 nitrogen and oxygen atoms in total. The predicted octanol–water partition coefficient (Wildman–Crippen LogP) is 4.90. The fourth-order valence-electron chi connectivity index (χ4n) is 1.85. The van der Waals surface area contributed by atoms with Crippen LogP contribution in [-0.4, -0.2) is 5.91 Å². The summed E-state index contributed by atoms with van der Waals surface area (Å²) in [6, 6.07) is 12.9. The van der Waals surface area contributed by atoms with Gasteiger partial charge in [-0.2, -0.15) is 18.4 Å². The van der Waals surface area contributed by atoms with Crippen molar-refractivity contribution in [3.63, 3.8) is 0 Å². The van der Waals surface area contributed by atoms with E-state index < -0.39 is 17.6 Å². The van der Waals surface area contributed by atoms with Crippen LogP contribution in [0.5, 0.6) is 0 Å². The van der Waals surface area contributed by atoms with E-state index in [4.69, 9.17) is 16.9 Å². The second-order valence-corrected chi connectivity index (χ2v) is 5.13. The highest BCUT2D eigenvalue weighted by molar-refractivity contribution is 6.34. The van der Waals surface area contributed by atoms with Gasteiger partial charge in [0.05, 0.1) is 16.3 Å². The summed E-state index contributed by atoms with van der Waals surface area (Å²) in [5.74, 6) is -0.845. The minimum atomic E-state index is -4.57. The fourth-order valence-corrected chi connectivity index (χ4v) is 2.02. The van der Waals surface area contributed by atoms with Crippen molar-refractivity contribution in [2.45, 2.75) is 6.18 Å². The maximum atomic E-state index is 12.7. The number of amides is 1. The molecule has 0 aliphatic carbocycles. The number of nitrogens with one attached hydrogen (secondary N) is 1. The van der Waals surface area contributed by atoms with Crippen molar-refractivity contribution in [1.82, 2.24) is 0 Å². The number of carbonyl (C=O) groups excluding carboxylic acids is 1. The lowest BCUT2D eigenvalue weighted by Crippen LogP contribution is -2.15. The molecule has 7 heteroatoms. The van der Waals surface area contributed by atoms with Gasteiger partial charge in [0.2, 0.25) is 0 Å². The Bertz CT molecular complexity index is 824. The molecule has 1 N–H and O–H groups in total. The highest BCUT2D eigenvalue weighted by Gasteiger charge is 2.31.